The van der Waals surface area contributed by atoms with Crippen molar-refractivity contribution < 1.29 is 0 Å². The van der Waals surface area contributed by atoms with Crippen LogP contribution in [0.15, 0.2) is 115 Å². The number of imidazole rings is 1. The van der Waals surface area contributed by atoms with E-state index in [4.69, 9.17) is 4.98 Å². The van der Waals surface area contributed by atoms with E-state index < -0.39 is 0 Å². The molecule has 0 amide bonds. The second-order valence-electron chi connectivity index (χ2n) is 10.5. The minimum Gasteiger partial charge on any atom is -0.279 e. The molecule has 1 aliphatic rings. The van der Waals surface area contributed by atoms with Gasteiger partial charge in [-0.05, 0) is 58.7 Å². The second-order valence-corrected chi connectivity index (χ2v) is 10.5. The number of para-hydroxylation sites is 4. The monoisotopic (exact) mass is 475 g/mol. The number of fused-ring (bicyclic) bond motifs is 8. The van der Waals surface area contributed by atoms with E-state index in [0.717, 1.165) is 22.7 Å². The third-order valence-electron chi connectivity index (χ3n) is 8.14. The summed E-state index contributed by atoms with van der Waals surface area (Å²) >= 11 is 0. The average molecular weight is 476 g/mol. The first-order chi connectivity index (χ1) is 18.1. The topological polar surface area (TPSA) is 22.8 Å². The van der Waals surface area contributed by atoms with Crippen LogP contribution in [0, 0.1) is 0 Å². The normalized spacial score (nSPS) is 13.9. The molecule has 0 N–H and O–H groups in total. The molecule has 0 saturated heterocycles. The molecule has 2 heterocycles. The van der Waals surface area contributed by atoms with Crippen molar-refractivity contribution in [1.82, 2.24) is 14.1 Å². The molecular formula is C34H25N3. The largest absolute Gasteiger partial charge is 0.279 e. The highest BCUT2D eigenvalue weighted by Crippen LogP contribution is 2.53. The summed E-state index contributed by atoms with van der Waals surface area (Å²) in [6, 6.07) is 41.3. The van der Waals surface area contributed by atoms with E-state index in [1.807, 2.05) is 0 Å². The molecule has 0 bridgehead atoms. The third-order valence-corrected chi connectivity index (χ3v) is 8.14. The van der Waals surface area contributed by atoms with Gasteiger partial charge in [-0.3, -0.25) is 9.13 Å². The standard InChI is InChI=1S/C34H25N3/c1-34(2)25-16-8-6-14-23(25)31-26(34)20-21-30-32(31)24-15-7-10-18-28(24)37(30)33-35-27-17-9-11-19-29(27)36(33)22-12-4-3-5-13-22/h3-21H,1-2H3. The predicted molar refractivity (Wildman–Crippen MR) is 153 cm³/mol. The van der Waals surface area contributed by atoms with Crippen LogP contribution in [0.25, 0.3) is 55.6 Å². The summed E-state index contributed by atoms with van der Waals surface area (Å²) in [7, 11) is 0. The SMILES string of the molecule is CC1(C)c2ccccc2-c2c1ccc1c2c2ccccc2n1-c1nc2ccccc2n1-c1ccccc1. The Hall–Kier alpha value is -4.63. The molecule has 0 fully saturated rings. The van der Waals surface area contributed by atoms with Gasteiger partial charge in [-0.15, -0.1) is 0 Å². The lowest BCUT2D eigenvalue weighted by Crippen LogP contribution is -2.14. The lowest BCUT2D eigenvalue weighted by atomic mass is 9.82. The van der Waals surface area contributed by atoms with Crippen molar-refractivity contribution in [1.29, 1.82) is 0 Å². The van der Waals surface area contributed by atoms with E-state index in [0.29, 0.717) is 0 Å². The van der Waals surface area contributed by atoms with Gasteiger partial charge in [0, 0.05) is 21.9 Å². The minimum atomic E-state index is -0.0412. The van der Waals surface area contributed by atoms with Crippen LogP contribution in [0.4, 0.5) is 0 Å². The first-order valence-corrected chi connectivity index (χ1v) is 12.8. The fourth-order valence-electron chi connectivity index (χ4n) is 6.46. The van der Waals surface area contributed by atoms with Gasteiger partial charge in [0.25, 0.3) is 0 Å². The van der Waals surface area contributed by atoms with E-state index in [1.165, 1.54) is 44.1 Å². The van der Waals surface area contributed by atoms with Crippen molar-refractivity contribution in [2.24, 2.45) is 0 Å². The molecule has 3 heteroatoms. The van der Waals surface area contributed by atoms with Crippen LogP contribution in [0.2, 0.25) is 0 Å². The number of rotatable bonds is 2. The molecule has 0 spiro atoms. The summed E-state index contributed by atoms with van der Waals surface area (Å²) < 4.78 is 4.64. The van der Waals surface area contributed by atoms with Crippen molar-refractivity contribution in [2.75, 3.05) is 0 Å². The first-order valence-electron chi connectivity index (χ1n) is 12.8. The fourth-order valence-corrected chi connectivity index (χ4v) is 6.46. The molecule has 5 aromatic carbocycles. The van der Waals surface area contributed by atoms with Crippen molar-refractivity contribution in [3.63, 3.8) is 0 Å². The van der Waals surface area contributed by atoms with E-state index in [-0.39, 0.29) is 5.41 Å². The summed E-state index contributed by atoms with van der Waals surface area (Å²) in [6.07, 6.45) is 0. The van der Waals surface area contributed by atoms with Crippen LogP contribution in [0.5, 0.6) is 0 Å². The number of benzene rings is 5. The predicted octanol–water partition coefficient (Wildman–Crippen LogP) is 8.43. The van der Waals surface area contributed by atoms with Gasteiger partial charge in [0.1, 0.15) is 0 Å². The Morgan fingerprint density at radius 3 is 2.14 bits per heavy atom. The molecule has 3 nitrogen and oxygen atoms in total. The van der Waals surface area contributed by atoms with Crippen molar-refractivity contribution in [2.45, 2.75) is 19.3 Å². The van der Waals surface area contributed by atoms with Gasteiger partial charge in [0.15, 0.2) is 0 Å². The zero-order valence-electron chi connectivity index (χ0n) is 20.8. The Morgan fingerprint density at radius 2 is 1.27 bits per heavy atom. The van der Waals surface area contributed by atoms with Gasteiger partial charge in [-0.2, -0.15) is 0 Å². The Kier molecular flexibility index (Phi) is 4.00. The van der Waals surface area contributed by atoms with Crippen LogP contribution >= 0.6 is 0 Å². The maximum atomic E-state index is 5.22. The van der Waals surface area contributed by atoms with Crippen LogP contribution in [0.1, 0.15) is 25.0 Å². The highest BCUT2D eigenvalue weighted by atomic mass is 15.2. The Bertz CT molecular complexity index is 2000. The first kappa shape index (κ1) is 20.6. The number of hydrogen-bond donors (Lipinski definition) is 0. The molecule has 8 rings (SSSR count). The smallest absolute Gasteiger partial charge is 0.220 e. The second kappa shape index (κ2) is 7.21. The summed E-state index contributed by atoms with van der Waals surface area (Å²) in [5.74, 6) is 0.907. The van der Waals surface area contributed by atoms with E-state index in [2.05, 4.69) is 138 Å². The van der Waals surface area contributed by atoms with E-state index in [9.17, 15) is 0 Å². The molecule has 0 unspecified atom stereocenters. The molecule has 0 atom stereocenters. The van der Waals surface area contributed by atoms with Gasteiger partial charge >= 0.3 is 0 Å². The van der Waals surface area contributed by atoms with Gasteiger partial charge in [-0.1, -0.05) is 92.7 Å². The average Bonchev–Trinajstić information content (AvgIpc) is 3.55. The molecule has 0 saturated carbocycles. The lowest BCUT2D eigenvalue weighted by Gasteiger charge is -2.21. The Labute approximate surface area is 215 Å². The summed E-state index contributed by atoms with van der Waals surface area (Å²) in [5.41, 5.74) is 11.0. The summed E-state index contributed by atoms with van der Waals surface area (Å²) in [6.45, 7) is 4.69. The van der Waals surface area contributed by atoms with Crippen molar-refractivity contribution >= 4 is 32.8 Å². The molecule has 1 aliphatic carbocycles. The van der Waals surface area contributed by atoms with Crippen LogP contribution in [-0.2, 0) is 5.41 Å². The third kappa shape index (κ3) is 2.63. The van der Waals surface area contributed by atoms with Gasteiger partial charge in [0.2, 0.25) is 5.95 Å². The molecule has 7 aromatic rings. The minimum absolute atomic E-state index is 0.0412. The van der Waals surface area contributed by atoms with Crippen molar-refractivity contribution in [3.05, 3.63) is 126 Å². The molecule has 0 radical (unpaired) electrons. The van der Waals surface area contributed by atoms with E-state index >= 15 is 0 Å². The quantitative estimate of drug-likeness (QED) is 0.246. The van der Waals surface area contributed by atoms with Crippen LogP contribution < -0.4 is 0 Å². The molecule has 0 aliphatic heterocycles. The fraction of sp³-hybridized carbons (Fsp3) is 0.0882. The lowest BCUT2D eigenvalue weighted by molar-refractivity contribution is 0.661. The number of aromatic nitrogens is 3. The Balaban J connectivity index is 1.56. The maximum absolute atomic E-state index is 5.22. The van der Waals surface area contributed by atoms with Gasteiger partial charge in [-0.25, -0.2) is 4.98 Å². The summed E-state index contributed by atoms with van der Waals surface area (Å²) in [5, 5.41) is 2.56. The highest BCUT2D eigenvalue weighted by molar-refractivity contribution is 6.17. The van der Waals surface area contributed by atoms with Crippen molar-refractivity contribution in [3.8, 4) is 22.8 Å². The maximum Gasteiger partial charge on any atom is 0.220 e. The zero-order chi connectivity index (χ0) is 24.7. The Morgan fingerprint density at radius 1 is 0.568 bits per heavy atom. The van der Waals surface area contributed by atoms with Crippen LogP contribution in [-0.4, -0.2) is 14.1 Å². The number of nitrogens with zero attached hydrogens (tertiary/aromatic N) is 3. The number of hydrogen-bond acceptors (Lipinski definition) is 1. The van der Waals surface area contributed by atoms with Gasteiger partial charge in [0.05, 0.1) is 22.1 Å². The van der Waals surface area contributed by atoms with Gasteiger partial charge < -0.3 is 0 Å². The van der Waals surface area contributed by atoms with E-state index in [1.54, 1.807) is 0 Å². The molecule has 2 aromatic heterocycles. The molecule has 176 valence electrons. The highest BCUT2D eigenvalue weighted by Gasteiger charge is 2.37. The molecule has 37 heavy (non-hydrogen) atoms. The van der Waals surface area contributed by atoms with Crippen LogP contribution in [0.3, 0.4) is 0 Å². The zero-order valence-corrected chi connectivity index (χ0v) is 20.8. The molecular weight excluding hydrogens is 450 g/mol. The summed E-state index contributed by atoms with van der Waals surface area (Å²) in [4.78, 5) is 5.22.